The van der Waals surface area contributed by atoms with Crippen LogP contribution in [0.15, 0.2) is 24.5 Å². The molecule has 0 aromatic carbocycles. The Morgan fingerprint density at radius 3 is 2.75 bits per heavy atom. The molecule has 0 aliphatic carbocycles. The first-order valence-electron chi connectivity index (χ1n) is 4.37. The van der Waals surface area contributed by atoms with Crippen molar-refractivity contribution >= 4 is 11.8 Å². The van der Waals surface area contributed by atoms with E-state index in [4.69, 9.17) is 0 Å². The monoisotopic (exact) mass is 182 g/mol. The first kappa shape index (κ1) is 8.05. The summed E-state index contributed by atoms with van der Waals surface area (Å²) in [5.41, 5.74) is 3.47. The number of rotatable bonds is 2. The predicted molar refractivity (Wildman–Crippen MR) is 54.1 cm³/mol. The highest BCUT2D eigenvalue weighted by molar-refractivity contribution is 8.00. The highest BCUT2D eigenvalue weighted by Crippen LogP contribution is 2.26. The van der Waals surface area contributed by atoms with Gasteiger partial charge in [0.05, 0.1) is 6.04 Å². The highest BCUT2D eigenvalue weighted by atomic mass is 32.2. The normalized spacial score (nSPS) is 29.1. The van der Waals surface area contributed by atoms with Crippen molar-refractivity contribution in [3.05, 3.63) is 24.5 Å². The minimum atomic E-state index is 0.641. The summed E-state index contributed by atoms with van der Waals surface area (Å²) in [4.78, 5) is 0. The number of nitrogens with one attached hydrogen (secondary N) is 1. The van der Waals surface area contributed by atoms with Gasteiger partial charge >= 0.3 is 0 Å². The summed E-state index contributed by atoms with van der Waals surface area (Å²) in [6.45, 7) is 2.29. The zero-order valence-corrected chi connectivity index (χ0v) is 8.05. The number of aromatic nitrogens is 1. The lowest BCUT2D eigenvalue weighted by molar-refractivity contribution is 0.639. The summed E-state index contributed by atoms with van der Waals surface area (Å²) < 4.78 is 2.05. The first-order valence-corrected chi connectivity index (χ1v) is 5.42. The molecular weight excluding hydrogens is 168 g/mol. The summed E-state index contributed by atoms with van der Waals surface area (Å²) in [5, 5.41) is 0.743. The molecule has 0 saturated carbocycles. The van der Waals surface area contributed by atoms with Crippen LogP contribution < -0.4 is 5.43 Å². The maximum Gasteiger partial charge on any atom is 0.0548 e. The zero-order chi connectivity index (χ0) is 8.39. The second-order valence-electron chi connectivity index (χ2n) is 3.19. The third-order valence-electron chi connectivity index (χ3n) is 2.30. The SMILES string of the molecule is CC1SCCC1Nn1cccc1. The fourth-order valence-corrected chi connectivity index (χ4v) is 2.70. The van der Waals surface area contributed by atoms with E-state index in [1.165, 1.54) is 12.2 Å². The number of hydrogen-bond donors (Lipinski definition) is 1. The Labute approximate surface area is 77.3 Å². The average Bonchev–Trinajstić information content (AvgIpc) is 2.65. The fraction of sp³-hybridized carbons (Fsp3) is 0.556. The maximum atomic E-state index is 3.47. The van der Waals surface area contributed by atoms with Crippen molar-refractivity contribution in [1.29, 1.82) is 0 Å². The van der Waals surface area contributed by atoms with E-state index >= 15 is 0 Å². The number of nitrogens with zero attached hydrogens (tertiary/aromatic N) is 1. The van der Waals surface area contributed by atoms with E-state index in [0.717, 1.165) is 5.25 Å². The minimum absolute atomic E-state index is 0.641. The Kier molecular flexibility index (Phi) is 2.30. The van der Waals surface area contributed by atoms with E-state index in [-0.39, 0.29) is 0 Å². The van der Waals surface area contributed by atoms with Crippen molar-refractivity contribution in [2.45, 2.75) is 24.6 Å². The molecule has 12 heavy (non-hydrogen) atoms. The van der Waals surface area contributed by atoms with E-state index in [0.29, 0.717) is 6.04 Å². The molecule has 1 aliphatic rings. The molecule has 1 aliphatic heterocycles. The molecule has 1 aromatic heterocycles. The van der Waals surface area contributed by atoms with Crippen LogP contribution in [0, 0.1) is 0 Å². The molecule has 1 fully saturated rings. The van der Waals surface area contributed by atoms with Crippen molar-refractivity contribution in [1.82, 2.24) is 4.68 Å². The third kappa shape index (κ3) is 1.61. The Morgan fingerprint density at radius 1 is 1.42 bits per heavy atom. The standard InChI is InChI=1S/C9H14N2S/c1-8-9(4-7-12-8)10-11-5-2-3-6-11/h2-3,5-6,8-10H,4,7H2,1H3. The van der Waals surface area contributed by atoms with Gasteiger partial charge in [0.2, 0.25) is 0 Å². The molecule has 2 unspecified atom stereocenters. The largest absolute Gasteiger partial charge is 0.322 e. The van der Waals surface area contributed by atoms with Crippen LogP contribution in [0.25, 0.3) is 0 Å². The molecule has 1 N–H and O–H groups in total. The molecule has 0 bridgehead atoms. The molecule has 0 spiro atoms. The second kappa shape index (κ2) is 3.44. The van der Waals surface area contributed by atoms with Crippen molar-refractivity contribution in [3.63, 3.8) is 0 Å². The van der Waals surface area contributed by atoms with Crippen molar-refractivity contribution in [2.75, 3.05) is 11.2 Å². The summed E-state index contributed by atoms with van der Waals surface area (Å²) in [6.07, 6.45) is 5.38. The van der Waals surface area contributed by atoms with Crippen LogP contribution in [0.5, 0.6) is 0 Å². The van der Waals surface area contributed by atoms with E-state index in [9.17, 15) is 0 Å². The fourth-order valence-electron chi connectivity index (χ4n) is 1.51. The molecule has 0 radical (unpaired) electrons. The Bertz CT molecular complexity index is 233. The molecule has 2 rings (SSSR count). The van der Waals surface area contributed by atoms with E-state index in [2.05, 4.69) is 36.5 Å². The van der Waals surface area contributed by atoms with Crippen LogP contribution >= 0.6 is 11.8 Å². The van der Waals surface area contributed by atoms with Gasteiger partial charge < -0.3 is 5.43 Å². The van der Waals surface area contributed by atoms with Gasteiger partial charge in [-0.2, -0.15) is 11.8 Å². The van der Waals surface area contributed by atoms with Crippen LogP contribution in [0.4, 0.5) is 0 Å². The molecule has 1 aromatic rings. The highest BCUT2D eigenvalue weighted by Gasteiger charge is 2.23. The first-order chi connectivity index (χ1) is 5.86. The van der Waals surface area contributed by atoms with Gasteiger partial charge in [-0.3, -0.25) is 4.68 Å². The molecule has 0 amide bonds. The average molecular weight is 182 g/mol. The van der Waals surface area contributed by atoms with Crippen LogP contribution in [0.3, 0.4) is 0 Å². The van der Waals surface area contributed by atoms with Gasteiger partial charge in [-0.15, -0.1) is 0 Å². The molecule has 1 saturated heterocycles. The predicted octanol–water partition coefficient (Wildman–Crippen LogP) is 1.93. The molecule has 66 valence electrons. The molecule has 2 atom stereocenters. The Balaban J connectivity index is 1.95. The number of hydrogen-bond acceptors (Lipinski definition) is 2. The zero-order valence-electron chi connectivity index (χ0n) is 7.23. The van der Waals surface area contributed by atoms with Gasteiger partial charge in [-0.25, -0.2) is 0 Å². The van der Waals surface area contributed by atoms with Crippen LogP contribution in [0.1, 0.15) is 13.3 Å². The van der Waals surface area contributed by atoms with E-state index in [1.807, 2.05) is 16.8 Å². The molecule has 2 heterocycles. The van der Waals surface area contributed by atoms with Crippen LogP contribution in [0.2, 0.25) is 0 Å². The Hall–Kier alpha value is -0.570. The van der Waals surface area contributed by atoms with Crippen molar-refractivity contribution in [3.8, 4) is 0 Å². The summed E-state index contributed by atoms with van der Waals surface area (Å²) in [7, 11) is 0. The topological polar surface area (TPSA) is 17.0 Å². The molecular formula is C9H14N2S. The van der Waals surface area contributed by atoms with Gasteiger partial charge in [0.15, 0.2) is 0 Å². The minimum Gasteiger partial charge on any atom is -0.322 e. The molecule has 3 heteroatoms. The van der Waals surface area contributed by atoms with Crippen LogP contribution in [-0.2, 0) is 0 Å². The van der Waals surface area contributed by atoms with Gasteiger partial charge in [-0.1, -0.05) is 6.92 Å². The second-order valence-corrected chi connectivity index (χ2v) is 4.68. The summed E-state index contributed by atoms with van der Waals surface area (Å²) >= 11 is 2.05. The van der Waals surface area contributed by atoms with E-state index in [1.54, 1.807) is 0 Å². The van der Waals surface area contributed by atoms with E-state index < -0.39 is 0 Å². The summed E-state index contributed by atoms with van der Waals surface area (Å²) in [6, 6.07) is 4.72. The van der Waals surface area contributed by atoms with Crippen LogP contribution in [-0.4, -0.2) is 21.7 Å². The molecule has 2 nitrogen and oxygen atoms in total. The van der Waals surface area contributed by atoms with Crippen molar-refractivity contribution in [2.24, 2.45) is 0 Å². The van der Waals surface area contributed by atoms with Gasteiger partial charge in [0.1, 0.15) is 0 Å². The number of thioether (sulfide) groups is 1. The quantitative estimate of drug-likeness (QED) is 0.752. The summed E-state index contributed by atoms with van der Waals surface area (Å²) in [5.74, 6) is 1.29. The van der Waals surface area contributed by atoms with Gasteiger partial charge in [0, 0.05) is 17.6 Å². The van der Waals surface area contributed by atoms with Crippen molar-refractivity contribution < 1.29 is 0 Å². The third-order valence-corrected chi connectivity index (χ3v) is 3.62. The van der Waals surface area contributed by atoms with Gasteiger partial charge in [0.25, 0.3) is 0 Å². The Morgan fingerprint density at radius 2 is 2.17 bits per heavy atom. The smallest absolute Gasteiger partial charge is 0.0548 e. The van der Waals surface area contributed by atoms with Gasteiger partial charge in [-0.05, 0) is 24.3 Å². The maximum absolute atomic E-state index is 3.47. The lowest BCUT2D eigenvalue weighted by Crippen LogP contribution is -2.31. The lowest BCUT2D eigenvalue weighted by Gasteiger charge is -2.18. The lowest BCUT2D eigenvalue weighted by atomic mass is 10.2.